The Bertz CT molecular complexity index is 1210. The average Bonchev–Trinajstić information content (AvgIpc) is 3.63. The van der Waals surface area contributed by atoms with Crippen LogP contribution in [0.3, 0.4) is 0 Å². The lowest BCUT2D eigenvalue weighted by Crippen LogP contribution is -2.32. The van der Waals surface area contributed by atoms with Gasteiger partial charge in [-0.15, -0.1) is 0 Å². The number of imide groups is 1. The van der Waals surface area contributed by atoms with Crippen LogP contribution in [0, 0.1) is 29.6 Å². The minimum atomic E-state index is -0.623. The van der Waals surface area contributed by atoms with Crippen LogP contribution in [-0.2, 0) is 19.2 Å². The number of hydrogen-bond donors (Lipinski definition) is 0. The molecular formula is C27H26N2O6. The maximum atomic E-state index is 13.1. The molecular weight excluding hydrogens is 448 g/mol. The second-order valence-corrected chi connectivity index (χ2v) is 9.92. The molecule has 5 atom stereocenters. The van der Waals surface area contributed by atoms with Crippen LogP contribution in [0.5, 0.6) is 11.5 Å². The van der Waals surface area contributed by atoms with Gasteiger partial charge < -0.3 is 14.4 Å². The number of esters is 1. The Morgan fingerprint density at radius 1 is 0.886 bits per heavy atom. The van der Waals surface area contributed by atoms with Crippen molar-refractivity contribution in [3.63, 3.8) is 0 Å². The van der Waals surface area contributed by atoms with Crippen LogP contribution in [0.2, 0.25) is 0 Å². The third kappa shape index (κ3) is 3.50. The Balaban J connectivity index is 1.16. The second kappa shape index (κ2) is 8.22. The van der Waals surface area contributed by atoms with E-state index in [4.69, 9.17) is 9.47 Å². The average molecular weight is 475 g/mol. The summed E-state index contributed by atoms with van der Waals surface area (Å²) in [4.78, 5) is 54.6. The zero-order valence-corrected chi connectivity index (χ0v) is 19.4. The fourth-order valence-electron chi connectivity index (χ4n) is 6.44. The lowest BCUT2D eigenvalue weighted by molar-refractivity contribution is -0.139. The van der Waals surface area contributed by atoms with Gasteiger partial charge in [0.2, 0.25) is 17.7 Å². The quantitative estimate of drug-likeness (QED) is 0.375. The van der Waals surface area contributed by atoms with E-state index in [0.717, 1.165) is 19.3 Å². The number of methoxy groups -OCH3 is 1. The Kier molecular flexibility index (Phi) is 5.12. The monoisotopic (exact) mass is 474 g/mol. The summed E-state index contributed by atoms with van der Waals surface area (Å²) in [7, 11) is 1.55. The van der Waals surface area contributed by atoms with Crippen molar-refractivity contribution in [1.29, 1.82) is 0 Å². The van der Waals surface area contributed by atoms with E-state index < -0.39 is 11.9 Å². The summed E-state index contributed by atoms with van der Waals surface area (Å²) in [5.41, 5.74) is 1.09. The van der Waals surface area contributed by atoms with E-state index in [2.05, 4.69) is 0 Å². The van der Waals surface area contributed by atoms with E-state index in [1.807, 2.05) is 0 Å². The van der Waals surface area contributed by atoms with Crippen molar-refractivity contribution in [2.24, 2.45) is 29.6 Å². The van der Waals surface area contributed by atoms with E-state index in [1.54, 1.807) is 60.5 Å². The van der Waals surface area contributed by atoms with Crippen molar-refractivity contribution >= 4 is 35.1 Å². The van der Waals surface area contributed by atoms with E-state index in [9.17, 15) is 19.2 Å². The molecule has 2 heterocycles. The molecule has 2 aromatic rings. The van der Waals surface area contributed by atoms with Crippen LogP contribution >= 0.6 is 0 Å². The highest BCUT2D eigenvalue weighted by Gasteiger charge is 2.61. The van der Waals surface area contributed by atoms with Crippen molar-refractivity contribution in [3.8, 4) is 11.5 Å². The van der Waals surface area contributed by atoms with Gasteiger partial charge in [0.15, 0.2) is 0 Å². The van der Waals surface area contributed by atoms with Crippen LogP contribution in [0.4, 0.5) is 11.4 Å². The highest BCUT2D eigenvalue weighted by Crippen LogP contribution is 2.56. The van der Waals surface area contributed by atoms with Gasteiger partial charge in [0.05, 0.1) is 30.6 Å². The molecule has 6 rings (SSSR count). The number of carbonyl (C=O) groups excluding carboxylic acids is 4. The van der Waals surface area contributed by atoms with E-state index in [-0.39, 0.29) is 48.3 Å². The van der Waals surface area contributed by atoms with E-state index in [1.165, 1.54) is 4.90 Å². The molecule has 0 aromatic heterocycles. The summed E-state index contributed by atoms with van der Waals surface area (Å²) in [6.07, 6.45) is 3.06. The van der Waals surface area contributed by atoms with Crippen molar-refractivity contribution in [2.75, 3.05) is 23.5 Å². The smallest absolute Gasteiger partial charge is 0.316 e. The summed E-state index contributed by atoms with van der Waals surface area (Å²) in [5.74, 6) is -0.502. The number of carbonyl (C=O) groups is 4. The van der Waals surface area contributed by atoms with E-state index in [0.29, 0.717) is 29.0 Å². The highest BCUT2D eigenvalue weighted by molar-refractivity contribution is 6.22. The third-order valence-corrected chi connectivity index (χ3v) is 8.05. The number of rotatable bonds is 5. The Hall–Kier alpha value is -3.68. The van der Waals surface area contributed by atoms with Crippen molar-refractivity contribution < 1.29 is 28.7 Å². The normalized spacial score (nSPS) is 29.2. The number of hydrogen-bond acceptors (Lipinski definition) is 6. The zero-order chi connectivity index (χ0) is 24.3. The van der Waals surface area contributed by atoms with Crippen LogP contribution in [-0.4, -0.2) is 37.3 Å². The highest BCUT2D eigenvalue weighted by atomic mass is 16.5. The molecule has 2 saturated heterocycles. The van der Waals surface area contributed by atoms with Gasteiger partial charge in [-0.25, -0.2) is 4.90 Å². The van der Waals surface area contributed by atoms with E-state index >= 15 is 0 Å². The molecule has 0 radical (unpaired) electrons. The first kappa shape index (κ1) is 21.8. The molecule has 3 amide bonds. The van der Waals surface area contributed by atoms with Gasteiger partial charge in [0, 0.05) is 30.8 Å². The van der Waals surface area contributed by atoms with Crippen molar-refractivity contribution in [2.45, 2.75) is 25.7 Å². The second-order valence-electron chi connectivity index (χ2n) is 9.92. The van der Waals surface area contributed by atoms with Gasteiger partial charge in [-0.05, 0) is 55.4 Å². The molecule has 2 aliphatic carbocycles. The van der Waals surface area contributed by atoms with Crippen LogP contribution in [0.25, 0.3) is 0 Å². The molecule has 0 N–H and O–H groups in total. The van der Waals surface area contributed by atoms with Crippen molar-refractivity contribution in [1.82, 2.24) is 0 Å². The van der Waals surface area contributed by atoms with Gasteiger partial charge in [-0.1, -0.05) is 12.1 Å². The molecule has 8 nitrogen and oxygen atoms in total. The molecule has 8 heteroatoms. The summed E-state index contributed by atoms with van der Waals surface area (Å²) >= 11 is 0. The SMILES string of the molecule is COc1cccc(N2C[C@H](C(=O)Oc3cccc(N4C(=O)[C@@H]5[C@H]6CC[C@@H](C6)[C@H]5C4=O)c3)CC2=O)c1. The number of ether oxygens (including phenoxy) is 2. The zero-order valence-electron chi connectivity index (χ0n) is 19.4. The third-order valence-electron chi connectivity index (χ3n) is 8.05. The lowest BCUT2D eigenvalue weighted by atomic mass is 9.81. The van der Waals surface area contributed by atoms with Crippen LogP contribution in [0.1, 0.15) is 25.7 Å². The number of amides is 3. The maximum Gasteiger partial charge on any atom is 0.316 e. The fraction of sp³-hybridized carbons (Fsp3) is 0.407. The first-order valence-electron chi connectivity index (χ1n) is 12.1. The molecule has 0 unspecified atom stereocenters. The molecule has 2 aromatic carbocycles. The Morgan fingerprint density at radius 2 is 1.51 bits per heavy atom. The summed E-state index contributed by atoms with van der Waals surface area (Å²) in [5, 5.41) is 0. The molecule has 4 aliphatic rings. The number of anilines is 2. The fourth-order valence-corrected chi connectivity index (χ4v) is 6.44. The maximum absolute atomic E-state index is 13.1. The Labute approximate surface area is 202 Å². The summed E-state index contributed by atoms with van der Waals surface area (Å²) in [6.45, 7) is 0.208. The molecule has 2 aliphatic heterocycles. The van der Waals surface area contributed by atoms with Gasteiger partial charge in [-0.3, -0.25) is 19.2 Å². The molecule has 0 spiro atoms. The topological polar surface area (TPSA) is 93.2 Å². The first-order chi connectivity index (χ1) is 16.9. The van der Waals surface area contributed by atoms with Gasteiger partial charge in [-0.2, -0.15) is 0 Å². The molecule has 2 bridgehead atoms. The molecule has 180 valence electrons. The number of fused-ring (bicyclic) bond motifs is 5. The predicted octanol–water partition coefficient (Wildman–Crippen LogP) is 3.19. The lowest BCUT2D eigenvalue weighted by Gasteiger charge is -2.19. The van der Waals surface area contributed by atoms with Gasteiger partial charge in [0.1, 0.15) is 11.5 Å². The summed E-state index contributed by atoms with van der Waals surface area (Å²) < 4.78 is 10.8. The van der Waals surface area contributed by atoms with Crippen molar-refractivity contribution in [3.05, 3.63) is 48.5 Å². The minimum absolute atomic E-state index is 0.0466. The molecule has 35 heavy (non-hydrogen) atoms. The predicted molar refractivity (Wildman–Crippen MR) is 126 cm³/mol. The molecule has 4 fully saturated rings. The standard InChI is InChI=1S/C27H26N2O6/c1-34-20-6-2-4-18(12-20)28-14-17(11-22(28)30)27(33)35-21-7-3-5-19(13-21)29-25(31)23-15-8-9-16(10-15)24(23)26(29)32/h2-7,12-13,15-17,23-24H,8-11,14H2,1H3/t15-,16-,17+,23+,24+/m0/s1. The van der Waals surface area contributed by atoms with Gasteiger partial charge >= 0.3 is 5.97 Å². The Morgan fingerprint density at radius 3 is 2.20 bits per heavy atom. The van der Waals surface area contributed by atoms with Crippen LogP contribution in [0.15, 0.2) is 48.5 Å². The van der Waals surface area contributed by atoms with Crippen LogP contribution < -0.4 is 19.3 Å². The largest absolute Gasteiger partial charge is 0.497 e. The molecule has 2 saturated carbocycles. The minimum Gasteiger partial charge on any atom is -0.497 e. The number of benzene rings is 2. The first-order valence-corrected chi connectivity index (χ1v) is 12.1. The number of nitrogens with zero attached hydrogens (tertiary/aromatic N) is 2. The van der Waals surface area contributed by atoms with Gasteiger partial charge in [0.25, 0.3) is 0 Å². The summed E-state index contributed by atoms with van der Waals surface area (Å²) in [6, 6.07) is 13.7.